The lowest BCUT2D eigenvalue weighted by Crippen LogP contribution is -2.35. The van der Waals surface area contributed by atoms with Crippen LogP contribution >= 0.6 is 35.0 Å². The summed E-state index contributed by atoms with van der Waals surface area (Å²) in [6.45, 7) is 4.59. The van der Waals surface area contributed by atoms with E-state index in [0.29, 0.717) is 45.1 Å². The first-order chi connectivity index (χ1) is 14.5. The summed E-state index contributed by atoms with van der Waals surface area (Å²) in [4.78, 5) is 12.4. The molecule has 1 fully saturated rings. The quantitative estimate of drug-likeness (QED) is 0.397. The number of nitrogens with zero attached hydrogens (tertiary/aromatic N) is 3. The van der Waals surface area contributed by atoms with Gasteiger partial charge in [-0.05, 0) is 44.9 Å². The highest BCUT2D eigenvalue weighted by Crippen LogP contribution is 2.31. The lowest BCUT2D eigenvalue weighted by Gasteiger charge is -2.17. The van der Waals surface area contributed by atoms with E-state index in [1.54, 1.807) is 18.2 Å². The second-order valence-electron chi connectivity index (χ2n) is 7.46. The van der Waals surface area contributed by atoms with Crippen molar-refractivity contribution in [1.82, 2.24) is 20.1 Å². The standard InChI is InChI=1S/C21H28Cl2N4O2S/c1-3-27-20(14(2)29-18-11-10-15(22)12-17(18)23)25-26-21(27)30-13-19(28)24-16-8-6-4-5-7-9-16/h10-12,14,16H,3-9,13H2,1-2H3,(H,24,28). The van der Waals surface area contributed by atoms with Gasteiger partial charge < -0.3 is 14.6 Å². The topological polar surface area (TPSA) is 69.0 Å². The SMILES string of the molecule is CCn1c(SCC(=O)NC2CCCCCC2)nnc1C(C)Oc1ccc(Cl)cc1Cl. The van der Waals surface area contributed by atoms with Crippen LogP contribution in [0.15, 0.2) is 23.4 Å². The molecular formula is C21H28Cl2N4O2S. The van der Waals surface area contributed by atoms with Crippen molar-refractivity contribution in [2.45, 2.75) is 76.2 Å². The molecule has 0 spiro atoms. The molecule has 6 nitrogen and oxygen atoms in total. The van der Waals surface area contributed by atoms with Crippen molar-refractivity contribution >= 4 is 40.9 Å². The summed E-state index contributed by atoms with van der Waals surface area (Å²) >= 11 is 13.6. The minimum absolute atomic E-state index is 0.0522. The highest BCUT2D eigenvalue weighted by atomic mass is 35.5. The zero-order valence-electron chi connectivity index (χ0n) is 17.4. The van der Waals surface area contributed by atoms with E-state index in [4.69, 9.17) is 27.9 Å². The minimum atomic E-state index is -0.356. The Morgan fingerprint density at radius 2 is 2.00 bits per heavy atom. The van der Waals surface area contributed by atoms with E-state index < -0.39 is 0 Å². The Bertz CT molecular complexity index is 854. The first-order valence-electron chi connectivity index (χ1n) is 10.4. The molecule has 1 atom stereocenters. The second kappa shape index (κ2) is 11.3. The third-order valence-electron chi connectivity index (χ3n) is 5.18. The molecule has 1 N–H and O–H groups in total. The molecule has 1 aliphatic carbocycles. The van der Waals surface area contributed by atoms with Crippen LogP contribution in [0, 0.1) is 0 Å². The normalized spacial score (nSPS) is 16.1. The lowest BCUT2D eigenvalue weighted by molar-refractivity contribution is -0.119. The first-order valence-corrected chi connectivity index (χ1v) is 12.2. The van der Waals surface area contributed by atoms with Crippen LogP contribution in [0.2, 0.25) is 10.0 Å². The Morgan fingerprint density at radius 1 is 1.27 bits per heavy atom. The molecule has 164 valence electrons. The van der Waals surface area contributed by atoms with E-state index >= 15 is 0 Å². The Labute approximate surface area is 192 Å². The number of hydrogen-bond donors (Lipinski definition) is 1. The van der Waals surface area contributed by atoms with Crippen molar-refractivity contribution in [3.8, 4) is 5.75 Å². The van der Waals surface area contributed by atoms with Crippen molar-refractivity contribution in [3.05, 3.63) is 34.1 Å². The number of thioether (sulfide) groups is 1. The van der Waals surface area contributed by atoms with Gasteiger partial charge in [0.1, 0.15) is 5.75 Å². The van der Waals surface area contributed by atoms with Crippen molar-refractivity contribution < 1.29 is 9.53 Å². The predicted molar refractivity (Wildman–Crippen MR) is 122 cm³/mol. The van der Waals surface area contributed by atoms with Gasteiger partial charge in [0, 0.05) is 17.6 Å². The molecule has 2 aromatic rings. The number of halogens is 2. The van der Waals surface area contributed by atoms with Gasteiger partial charge in [-0.3, -0.25) is 4.79 Å². The van der Waals surface area contributed by atoms with Crippen LogP contribution in [0.4, 0.5) is 0 Å². The van der Waals surface area contributed by atoms with Crippen molar-refractivity contribution in [2.75, 3.05) is 5.75 Å². The molecular weight excluding hydrogens is 443 g/mol. The fourth-order valence-corrected chi connectivity index (χ4v) is 4.92. The van der Waals surface area contributed by atoms with Gasteiger partial charge in [0.05, 0.1) is 10.8 Å². The van der Waals surface area contributed by atoms with Crippen molar-refractivity contribution in [3.63, 3.8) is 0 Å². The number of ether oxygens (including phenoxy) is 1. The van der Waals surface area contributed by atoms with Crippen LogP contribution < -0.4 is 10.1 Å². The smallest absolute Gasteiger partial charge is 0.230 e. The Hall–Kier alpha value is -1.44. The molecule has 1 aromatic heterocycles. The number of carbonyl (C=O) groups excluding carboxylic acids is 1. The number of hydrogen-bond acceptors (Lipinski definition) is 5. The van der Waals surface area contributed by atoms with Gasteiger partial charge in [0.15, 0.2) is 17.1 Å². The predicted octanol–water partition coefficient (Wildman–Crippen LogP) is 5.68. The maximum absolute atomic E-state index is 12.4. The van der Waals surface area contributed by atoms with Gasteiger partial charge in [0.25, 0.3) is 0 Å². The zero-order valence-corrected chi connectivity index (χ0v) is 19.7. The van der Waals surface area contributed by atoms with Crippen LogP contribution in [-0.4, -0.2) is 32.5 Å². The van der Waals surface area contributed by atoms with E-state index in [-0.39, 0.29) is 12.0 Å². The molecule has 9 heteroatoms. The Balaban J connectivity index is 1.59. The maximum atomic E-state index is 12.4. The Kier molecular flexibility index (Phi) is 8.72. The van der Waals surface area contributed by atoms with Crippen LogP contribution in [0.3, 0.4) is 0 Å². The van der Waals surface area contributed by atoms with E-state index in [1.165, 1.54) is 37.4 Å². The summed E-state index contributed by atoms with van der Waals surface area (Å²) < 4.78 is 7.95. The average molecular weight is 471 g/mol. The Morgan fingerprint density at radius 3 is 2.67 bits per heavy atom. The summed E-state index contributed by atoms with van der Waals surface area (Å²) in [5, 5.41) is 13.5. The van der Waals surface area contributed by atoms with E-state index in [9.17, 15) is 4.79 Å². The molecule has 1 saturated carbocycles. The number of nitrogens with one attached hydrogen (secondary N) is 1. The zero-order chi connectivity index (χ0) is 21.5. The molecule has 1 heterocycles. The summed E-state index contributed by atoms with van der Waals surface area (Å²) in [6, 6.07) is 5.41. The van der Waals surface area contributed by atoms with Gasteiger partial charge in [-0.15, -0.1) is 10.2 Å². The van der Waals surface area contributed by atoms with E-state index in [2.05, 4.69) is 15.5 Å². The number of aromatic nitrogens is 3. The molecule has 0 radical (unpaired) electrons. The van der Waals surface area contributed by atoms with Crippen LogP contribution in [0.25, 0.3) is 0 Å². The van der Waals surface area contributed by atoms with Gasteiger partial charge in [-0.2, -0.15) is 0 Å². The van der Waals surface area contributed by atoms with Gasteiger partial charge >= 0.3 is 0 Å². The average Bonchev–Trinajstić information content (AvgIpc) is 2.96. The monoisotopic (exact) mass is 470 g/mol. The van der Waals surface area contributed by atoms with Gasteiger partial charge in [0.2, 0.25) is 5.91 Å². The van der Waals surface area contributed by atoms with E-state index in [1.807, 2.05) is 18.4 Å². The highest BCUT2D eigenvalue weighted by Gasteiger charge is 2.21. The van der Waals surface area contributed by atoms with Crippen LogP contribution in [0.1, 0.15) is 64.3 Å². The summed E-state index contributed by atoms with van der Waals surface area (Å²) in [5.41, 5.74) is 0. The van der Waals surface area contributed by atoms with Gasteiger partial charge in [-0.25, -0.2) is 0 Å². The number of amides is 1. The summed E-state index contributed by atoms with van der Waals surface area (Å²) in [7, 11) is 0. The van der Waals surface area contributed by atoms with Crippen molar-refractivity contribution in [2.24, 2.45) is 0 Å². The second-order valence-corrected chi connectivity index (χ2v) is 9.25. The molecule has 30 heavy (non-hydrogen) atoms. The molecule has 0 bridgehead atoms. The largest absolute Gasteiger partial charge is 0.481 e. The molecule has 1 unspecified atom stereocenters. The highest BCUT2D eigenvalue weighted by molar-refractivity contribution is 7.99. The molecule has 0 aliphatic heterocycles. The minimum Gasteiger partial charge on any atom is -0.481 e. The van der Waals surface area contributed by atoms with Crippen molar-refractivity contribution in [1.29, 1.82) is 0 Å². The van der Waals surface area contributed by atoms with E-state index in [0.717, 1.165) is 12.8 Å². The maximum Gasteiger partial charge on any atom is 0.230 e. The molecule has 0 saturated heterocycles. The summed E-state index contributed by atoms with van der Waals surface area (Å²) in [6.07, 6.45) is 6.73. The molecule has 1 amide bonds. The molecule has 1 aliphatic rings. The number of carbonyl (C=O) groups is 1. The third kappa shape index (κ3) is 6.28. The summed E-state index contributed by atoms with van der Waals surface area (Å²) in [5.74, 6) is 1.61. The first kappa shape index (κ1) is 23.2. The number of rotatable bonds is 8. The number of benzene rings is 1. The van der Waals surface area contributed by atoms with Gasteiger partial charge in [-0.1, -0.05) is 60.6 Å². The van der Waals surface area contributed by atoms with Crippen LogP contribution in [0.5, 0.6) is 5.75 Å². The van der Waals surface area contributed by atoms with Crippen LogP contribution in [-0.2, 0) is 11.3 Å². The fourth-order valence-electron chi connectivity index (χ4n) is 3.64. The third-order valence-corrected chi connectivity index (χ3v) is 6.67. The molecule has 3 rings (SSSR count). The molecule has 1 aromatic carbocycles. The lowest BCUT2D eigenvalue weighted by atomic mass is 10.1. The fraction of sp³-hybridized carbons (Fsp3) is 0.571.